The van der Waals surface area contributed by atoms with Crippen LogP contribution in [0.1, 0.15) is 23.2 Å². The second-order valence-corrected chi connectivity index (χ2v) is 8.42. The minimum absolute atomic E-state index is 0.0935. The van der Waals surface area contributed by atoms with Gasteiger partial charge >= 0.3 is 0 Å². The summed E-state index contributed by atoms with van der Waals surface area (Å²) in [7, 11) is -3.96. The Bertz CT molecular complexity index is 1370. The summed E-state index contributed by atoms with van der Waals surface area (Å²) >= 11 is 0. The van der Waals surface area contributed by atoms with Gasteiger partial charge < -0.3 is 9.73 Å². The standard InChI is InChI=1S/C22H18FN3O4S/c1-2-21-25-19-13-17(10-11-20(19)30-21)24-22(27)14-4-3-5-18(12-14)31(28,29)26-16-8-6-15(23)7-9-16/h3-13,26H,2H2,1H3,(H,24,27). The molecule has 158 valence electrons. The molecule has 0 atom stereocenters. The topological polar surface area (TPSA) is 101 Å². The molecule has 3 aromatic carbocycles. The van der Waals surface area contributed by atoms with Crippen LogP contribution in [-0.4, -0.2) is 19.3 Å². The van der Waals surface area contributed by atoms with Gasteiger partial charge in [-0.1, -0.05) is 13.0 Å². The predicted octanol–water partition coefficient (Wildman–Crippen LogP) is 4.58. The summed E-state index contributed by atoms with van der Waals surface area (Å²) in [5.74, 6) is -0.348. The molecule has 9 heteroatoms. The van der Waals surface area contributed by atoms with Gasteiger partial charge in [0.2, 0.25) is 0 Å². The molecule has 0 radical (unpaired) electrons. The number of sulfonamides is 1. The monoisotopic (exact) mass is 439 g/mol. The van der Waals surface area contributed by atoms with E-state index in [0.717, 1.165) is 12.1 Å². The highest BCUT2D eigenvalue weighted by molar-refractivity contribution is 7.92. The summed E-state index contributed by atoms with van der Waals surface area (Å²) in [6.45, 7) is 1.93. The largest absolute Gasteiger partial charge is 0.441 e. The lowest BCUT2D eigenvalue weighted by molar-refractivity contribution is 0.102. The van der Waals surface area contributed by atoms with Crippen molar-refractivity contribution in [2.45, 2.75) is 18.2 Å². The number of benzene rings is 3. The molecule has 1 amide bonds. The number of amides is 1. The van der Waals surface area contributed by atoms with Crippen molar-refractivity contribution >= 4 is 38.4 Å². The molecule has 2 N–H and O–H groups in total. The van der Waals surface area contributed by atoms with Crippen LogP contribution in [-0.2, 0) is 16.4 Å². The van der Waals surface area contributed by atoms with Gasteiger partial charge in [-0.3, -0.25) is 9.52 Å². The van der Waals surface area contributed by atoms with E-state index in [1.165, 1.54) is 36.4 Å². The van der Waals surface area contributed by atoms with E-state index in [9.17, 15) is 17.6 Å². The number of halogens is 1. The maximum atomic E-state index is 13.0. The molecular formula is C22H18FN3O4S. The van der Waals surface area contributed by atoms with Crippen LogP contribution < -0.4 is 10.0 Å². The van der Waals surface area contributed by atoms with Crippen LogP contribution in [0.25, 0.3) is 11.1 Å². The fraction of sp³-hybridized carbons (Fsp3) is 0.0909. The Balaban J connectivity index is 1.54. The number of carbonyl (C=O) groups is 1. The number of hydrogen-bond donors (Lipinski definition) is 2. The lowest BCUT2D eigenvalue weighted by Gasteiger charge is -2.10. The minimum atomic E-state index is -3.96. The third-order valence-corrected chi connectivity index (χ3v) is 5.87. The summed E-state index contributed by atoms with van der Waals surface area (Å²) in [5, 5.41) is 2.73. The van der Waals surface area contributed by atoms with Gasteiger partial charge in [0.1, 0.15) is 11.3 Å². The third kappa shape index (κ3) is 4.56. The van der Waals surface area contributed by atoms with E-state index < -0.39 is 21.7 Å². The van der Waals surface area contributed by atoms with Gasteiger partial charge in [-0.25, -0.2) is 17.8 Å². The summed E-state index contributed by atoms with van der Waals surface area (Å²) < 4.78 is 46.2. The van der Waals surface area contributed by atoms with E-state index in [-0.39, 0.29) is 16.1 Å². The van der Waals surface area contributed by atoms with Crippen LogP contribution in [0.4, 0.5) is 15.8 Å². The zero-order chi connectivity index (χ0) is 22.0. The van der Waals surface area contributed by atoms with Crippen molar-refractivity contribution in [3.05, 3.63) is 84.0 Å². The van der Waals surface area contributed by atoms with Crippen LogP contribution in [0.2, 0.25) is 0 Å². The second-order valence-electron chi connectivity index (χ2n) is 6.74. The maximum Gasteiger partial charge on any atom is 0.261 e. The molecule has 1 heterocycles. The lowest BCUT2D eigenvalue weighted by atomic mass is 10.2. The SMILES string of the molecule is CCc1nc2cc(NC(=O)c3cccc(S(=O)(=O)Nc4ccc(F)cc4)c3)ccc2o1. The Morgan fingerprint density at radius 2 is 1.77 bits per heavy atom. The van der Waals surface area contributed by atoms with Crippen molar-refractivity contribution in [3.63, 3.8) is 0 Å². The predicted molar refractivity (Wildman–Crippen MR) is 115 cm³/mol. The molecule has 0 bridgehead atoms. The van der Waals surface area contributed by atoms with Gasteiger partial charge in [0.25, 0.3) is 15.9 Å². The Hall–Kier alpha value is -3.72. The van der Waals surface area contributed by atoms with Crippen molar-refractivity contribution < 1.29 is 22.0 Å². The molecule has 0 aliphatic heterocycles. The number of fused-ring (bicyclic) bond motifs is 1. The molecule has 31 heavy (non-hydrogen) atoms. The minimum Gasteiger partial charge on any atom is -0.441 e. The van der Waals surface area contributed by atoms with Crippen LogP contribution in [0.5, 0.6) is 0 Å². The number of nitrogens with zero attached hydrogens (tertiary/aromatic N) is 1. The summed E-state index contributed by atoms with van der Waals surface area (Å²) in [4.78, 5) is 16.9. The number of carbonyl (C=O) groups excluding carboxylic acids is 1. The first-order valence-electron chi connectivity index (χ1n) is 9.43. The molecule has 7 nitrogen and oxygen atoms in total. The van der Waals surface area contributed by atoms with Crippen molar-refractivity contribution in [2.75, 3.05) is 10.0 Å². The summed E-state index contributed by atoms with van der Waals surface area (Å²) in [5.41, 5.74) is 2.12. The quantitative estimate of drug-likeness (QED) is 0.458. The molecule has 4 aromatic rings. The molecule has 0 aliphatic rings. The van der Waals surface area contributed by atoms with Crippen molar-refractivity contribution in [3.8, 4) is 0 Å². The van der Waals surface area contributed by atoms with Crippen LogP contribution in [0.15, 0.2) is 76.0 Å². The van der Waals surface area contributed by atoms with Crippen molar-refractivity contribution in [2.24, 2.45) is 0 Å². The van der Waals surface area contributed by atoms with Gasteiger partial charge in [0.15, 0.2) is 11.5 Å². The van der Waals surface area contributed by atoms with Gasteiger partial charge in [-0.15, -0.1) is 0 Å². The lowest BCUT2D eigenvalue weighted by Crippen LogP contribution is -2.16. The van der Waals surface area contributed by atoms with Crippen LogP contribution in [0.3, 0.4) is 0 Å². The van der Waals surface area contributed by atoms with Gasteiger partial charge in [-0.05, 0) is 60.7 Å². The molecule has 0 aliphatic carbocycles. The summed E-state index contributed by atoms with van der Waals surface area (Å²) in [6, 6.07) is 15.6. The van der Waals surface area contributed by atoms with Crippen molar-refractivity contribution in [1.29, 1.82) is 0 Å². The molecule has 0 spiro atoms. The van der Waals surface area contributed by atoms with Crippen molar-refractivity contribution in [1.82, 2.24) is 4.98 Å². The highest BCUT2D eigenvalue weighted by Gasteiger charge is 2.17. The van der Waals surface area contributed by atoms with E-state index in [1.807, 2.05) is 6.92 Å². The number of oxazole rings is 1. The smallest absolute Gasteiger partial charge is 0.261 e. The molecule has 0 unspecified atom stereocenters. The zero-order valence-electron chi connectivity index (χ0n) is 16.4. The fourth-order valence-corrected chi connectivity index (χ4v) is 4.05. The first-order chi connectivity index (χ1) is 14.8. The number of nitrogens with one attached hydrogen (secondary N) is 2. The molecule has 1 aromatic heterocycles. The van der Waals surface area contributed by atoms with Gasteiger partial charge in [-0.2, -0.15) is 0 Å². The number of hydrogen-bond acceptors (Lipinski definition) is 5. The van der Waals surface area contributed by atoms with Gasteiger partial charge in [0, 0.05) is 23.4 Å². The highest BCUT2D eigenvalue weighted by atomic mass is 32.2. The number of rotatable bonds is 6. The number of anilines is 2. The van der Waals surface area contributed by atoms with E-state index in [0.29, 0.717) is 29.1 Å². The Labute approximate surface area is 178 Å². The summed E-state index contributed by atoms with van der Waals surface area (Å²) in [6.07, 6.45) is 0.656. The van der Waals surface area contributed by atoms with E-state index >= 15 is 0 Å². The van der Waals surface area contributed by atoms with Crippen LogP contribution in [0, 0.1) is 5.82 Å². The molecular weight excluding hydrogens is 421 g/mol. The first-order valence-corrected chi connectivity index (χ1v) is 10.9. The van der Waals surface area contributed by atoms with Gasteiger partial charge in [0.05, 0.1) is 4.90 Å². The molecule has 0 saturated heterocycles. The molecule has 0 fully saturated rings. The van der Waals surface area contributed by atoms with E-state index in [4.69, 9.17) is 4.42 Å². The maximum absolute atomic E-state index is 13.0. The Morgan fingerprint density at radius 3 is 2.52 bits per heavy atom. The van der Waals surface area contributed by atoms with E-state index in [1.54, 1.807) is 18.2 Å². The Kier molecular flexibility index (Phi) is 5.43. The van der Waals surface area contributed by atoms with E-state index in [2.05, 4.69) is 15.0 Å². The van der Waals surface area contributed by atoms with Crippen LogP contribution >= 0.6 is 0 Å². The third-order valence-electron chi connectivity index (χ3n) is 4.50. The highest BCUT2D eigenvalue weighted by Crippen LogP contribution is 2.22. The zero-order valence-corrected chi connectivity index (χ0v) is 17.2. The Morgan fingerprint density at radius 1 is 1.03 bits per heavy atom. The fourth-order valence-electron chi connectivity index (χ4n) is 2.94. The average molecular weight is 439 g/mol. The normalized spacial score (nSPS) is 11.4. The number of aryl methyl sites for hydroxylation is 1. The number of aromatic nitrogens is 1. The molecule has 0 saturated carbocycles. The second kappa shape index (κ2) is 8.19. The first kappa shape index (κ1) is 20.5. The average Bonchev–Trinajstić information content (AvgIpc) is 3.18. The molecule has 4 rings (SSSR count).